The third-order valence-corrected chi connectivity index (χ3v) is 6.91. The second-order valence-corrected chi connectivity index (χ2v) is 9.14. The van der Waals surface area contributed by atoms with Crippen LogP contribution in [0.3, 0.4) is 0 Å². The zero-order valence-corrected chi connectivity index (χ0v) is 18.0. The van der Waals surface area contributed by atoms with E-state index in [0.717, 1.165) is 31.6 Å². The van der Waals surface area contributed by atoms with E-state index in [-0.39, 0.29) is 11.7 Å². The molecule has 0 fully saturated rings. The summed E-state index contributed by atoms with van der Waals surface area (Å²) in [6, 6.07) is 22.5. The van der Waals surface area contributed by atoms with Crippen molar-refractivity contribution < 1.29 is 9.18 Å². The molecule has 1 amide bonds. The molecule has 0 bridgehead atoms. The van der Waals surface area contributed by atoms with E-state index in [0.29, 0.717) is 17.4 Å². The Morgan fingerprint density at radius 1 is 1.03 bits per heavy atom. The zero-order valence-electron chi connectivity index (χ0n) is 16.4. The number of rotatable bonds is 6. The molecular weight excluding hydrogens is 429 g/mol. The van der Waals surface area contributed by atoms with E-state index < -0.39 is 0 Å². The number of aromatic nitrogens is 2. The number of nitrogens with zero attached hydrogens (tertiary/aromatic N) is 2. The lowest BCUT2D eigenvalue weighted by atomic mass is 10.2. The Balaban J connectivity index is 1.31. The highest BCUT2D eigenvalue weighted by Crippen LogP contribution is 2.31. The highest BCUT2D eigenvalue weighted by molar-refractivity contribution is 8.00. The molecule has 0 unspecified atom stereocenters. The van der Waals surface area contributed by atoms with Crippen molar-refractivity contribution in [1.29, 1.82) is 0 Å². The Bertz CT molecular complexity index is 1340. The minimum atomic E-state index is -0.239. The van der Waals surface area contributed by atoms with Crippen LogP contribution in [0.15, 0.2) is 83.9 Å². The predicted molar refractivity (Wildman–Crippen MR) is 126 cm³/mol. The summed E-state index contributed by atoms with van der Waals surface area (Å²) < 4.78 is 16.4. The summed E-state index contributed by atoms with van der Waals surface area (Å²) in [5.74, 6) is -0.0311. The van der Waals surface area contributed by atoms with Crippen molar-refractivity contribution in [3.63, 3.8) is 0 Å². The van der Waals surface area contributed by atoms with Crippen LogP contribution >= 0.6 is 23.1 Å². The fourth-order valence-corrected chi connectivity index (χ4v) is 5.24. The number of thioether (sulfide) groups is 1. The number of halogens is 1. The van der Waals surface area contributed by atoms with Crippen molar-refractivity contribution in [1.82, 2.24) is 9.55 Å². The first-order valence-corrected chi connectivity index (χ1v) is 11.6. The molecule has 31 heavy (non-hydrogen) atoms. The number of para-hydroxylation sites is 2. The molecular formula is C24H18FN3OS2. The molecule has 0 radical (unpaired) electrons. The lowest BCUT2D eigenvalue weighted by Gasteiger charge is -2.05. The number of benzene rings is 3. The van der Waals surface area contributed by atoms with Crippen molar-refractivity contribution in [2.75, 3.05) is 11.1 Å². The first-order chi connectivity index (χ1) is 15.2. The van der Waals surface area contributed by atoms with Gasteiger partial charge in [-0.2, -0.15) is 0 Å². The van der Waals surface area contributed by atoms with Crippen molar-refractivity contribution in [2.24, 2.45) is 0 Å². The first kappa shape index (κ1) is 19.8. The molecule has 0 saturated heterocycles. The molecule has 4 nitrogen and oxygen atoms in total. The molecule has 0 saturated carbocycles. The van der Waals surface area contributed by atoms with Gasteiger partial charge in [-0.15, -0.1) is 11.8 Å². The second-order valence-electron chi connectivity index (χ2n) is 7.09. The van der Waals surface area contributed by atoms with Crippen LogP contribution < -0.4 is 5.32 Å². The number of carbonyl (C=O) groups excluding carboxylic acids is 1. The number of carbonyl (C=O) groups is 1. The van der Waals surface area contributed by atoms with Gasteiger partial charge >= 0.3 is 0 Å². The summed E-state index contributed by atoms with van der Waals surface area (Å²) in [5, 5.41) is 4.62. The van der Waals surface area contributed by atoms with Gasteiger partial charge in [-0.3, -0.25) is 4.79 Å². The summed E-state index contributed by atoms with van der Waals surface area (Å²) in [7, 11) is 0. The SMILES string of the molecule is O=C(CSc1cn(Cc2ccc(F)cc2)c2ccccc12)Nc1nc2ccccc2s1. The summed E-state index contributed by atoms with van der Waals surface area (Å²) >= 11 is 2.98. The van der Waals surface area contributed by atoms with Crippen LogP contribution in [-0.4, -0.2) is 21.2 Å². The highest BCUT2D eigenvalue weighted by Gasteiger charge is 2.13. The molecule has 3 aromatic carbocycles. The molecule has 0 aliphatic heterocycles. The highest BCUT2D eigenvalue weighted by atomic mass is 32.2. The topological polar surface area (TPSA) is 46.9 Å². The van der Waals surface area contributed by atoms with Crippen molar-refractivity contribution >= 4 is 55.3 Å². The van der Waals surface area contributed by atoms with Gasteiger partial charge in [0.2, 0.25) is 5.91 Å². The standard InChI is InChI=1S/C24H18FN3OS2/c25-17-11-9-16(10-12-17)13-28-14-22(18-5-1-3-7-20(18)28)30-15-23(29)27-24-26-19-6-2-4-8-21(19)31-24/h1-12,14H,13,15H2,(H,26,27,29). The normalized spacial score (nSPS) is 11.3. The molecule has 7 heteroatoms. The van der Waals surface area contributed by atoms with Crippen LogP contribution in [0, 0.1) is 5.82 Å². The predicted octanol–water partition coefficient (Wildman–Crippen LogP) is 6.17. The van der Waals surface area contributed by atoms with Crippen LogP contribution in [0.4, 0.5) is 9.52 Å². The molecule has 2 aromatic heterocycles. The van der Waals surface area contributed by atoms with E-state index in [1.165, 1.54) is 35.2 Å². The Kier molecular flexibility index (Phi) is 5.44. The molecule has 5 aromatic rings. The van der Waals surface area contributed by atoms with E-state index in [1.807, 2.05) is 36.4 Å². The third kappa shape index (κ3) is 4.33. The minimum absolute atomic E-state index is 0.0839. The number of hydrogen-bond acceptors (Lipinski definition) is 4. The maximum absolute atomic E-state index is 13.2. The summed E-state index contributed by atoms with van der Waals surface area (Å²) in [6.45, 7) is 0.638. The van der Waals surface area contributed by atoms with Gasteiger partial charge in [-0.25, -0.2) is 9.37 Å². The molecule has 1 N–H and O–H groups in total. The molecule has 0 aliphatic rings. The summed E-state index contributed by atoms with van der Waals surface area (Å²) in [5.41, 5.74) is 2.99. The van der Waals surface area contributed by atoms with Crippen LogP contribution in [-0.2, 0) is 11.3 Å². The number of amides is 1. The molecule has 0 spiro atoms. The number of anilines is 1. The van der Waals surface area contributed by atoms with E-state index in [1.54, 1.807) is 12.1 Å². The van der Waals surface area contributed by atoms with Crippen LogP contribution in [0.5, 0.6) is 0 Å². The van der Waals surface area contributed by atoms with Crippen molar-refractivity contribution in [2.45, 2.75) is 11.4 Å². The second kappa shape index (κ2) is 8.53. The van der Waals surface area contributed by atoms with Gasteiger partial charge in [-0.1, -0.05) is 53.8 Å². The molecule has 0 aliphatic carbocycles. The Morgan fingerprint density at radius 3 is 2.65 bits per heavy atom. The zero-order chi connectivity index (χ0) is 21.2. The number of nitrogens with one attached hydrogen (secondary N) is 1. The Morgan fingerprint density at radius 2 is 1.81 bits per heavy atom. The summed E-state index contributed by atoms with van der Waals surface area (Å²) in [4.78, 5) is 18.0. The van der Waals surface area contributed by atoms with Crippen LogP contribution in [0.25, 0.3) is 21.1 Å². The van der Waals surface area contributed by atoms with Gasteiger partial charge in [0.05, 0.1) is 16.0 Å². The molecule has 5 rings (SSSR count). The Hall–Kier alpha value is -3.16. The largest absolute Gasteiger partial charge is 0.342 e. The first-order valence-electron chi connectivity index (χ1n) is 9.76. The van der Waals surface area contributed by atoms with E-state index in [4.69, 9.17) is 0 Å². The smallest absolute Gasteiger partial charge is 0.236 e. The van der Waals surface area contributed by atoms with Gasteiger partial charge in [0, 0.05) is 28.5 Å². The Labute approximate surface area is 186 Å². The van der Waals surface area contributed by atoms with Gasteiger partial charge in [0.25, 0.3) is 0 Å². The van der Waals surface area contributed by atoms with Crippen LogP contribution in [0.1, 0.15) is 5.56 Å². The fourth-order valence-electron chi connectivity index (χ4n) is 3.47. The number of fused-ring (bicyclic) bond motifs is 2. The third-order valence-electron chi connectivity index (χ3n) is 4.92. The maximum atomic E-state index is 13.2. The van der Waals surface area contributed by atoms with Crippen LogP contribution in [0.2, 0.25) is 0 Å². The number of thiazole rings is 1. The lowest BCUT2D eigenvalue weighted by molar-refractivity contribution is -0.113. The molecule has 0 atom stereocenters. The summed E-state index contributed by atoms with van der Waals surface area (Å²) in [6.07, 6.45) is 2.06. The van der Waals surface area contributed by atoms with E-state index >= 15 is 0 Å². The van der Waals surface area contributed by atoms with Crippen molar-refractivity contribution in [3.8, 4) is 0 Å². The van der Waals surface area contributed by atoms with Gasteiger partial charge in [0.15, 0.2) is 5.13 Å². The quantitative estimate of drug-likeness (QED) is 0.317. The van der Waals surface area contributed by atoms with Gasteiger partial charge in [0.1, 0.15) is 5.82 Å². The molecule has 2 heterocycles. The molecule has 154 valence electrons. The fraction of sp³-hybridized carbons (Fsp3) is 0.0833. The van der Waals surface area contributed by atoms with Crippen molar-refractivity contribution in [3.05, 3.63) is 90.4 Å². The number of hydrogen-bond donors (Lipinski definition) is 1. The van der Waals surface area contributed by atoms with Gasteiger partial charge in [-0.05, 0) is 35.9 Å². The minimum Gasteiger partial charge on any atom is -0.342 e. The maximum Gasteiger partial charge on any atom is 0.236 e. The van der Waals surface area contributed by atoms with E-state index in [9.17, 15) is 9.18 Å². The lowest BCUT2D eigenvalue weighted by Crippen LogP contribution is -2.13. The average molecular weight is 448 g/mol. The van der Waals surface area contributed by atoms with Gasteiger partial charge < -0.3 is 9.88 Å². The average Bonchev–Trinajstić information content (AvgIpc) is 3.35. The monoisotopic (exact) mass is 447 g/mol. The van der Waals surface area contributed by atoms with E-state index in [2.05, 4.69) is 33.2 Å².